The van der Waals surface area contributed by atoms with Gasteiger partial charge in [0.25, 0.3) is 0 Å². The fraction of sp³-hybridized carbons (Fsp3) is 0.182. The lowest BCUT2D eigenvalue weighted by atomic mass is 10.1. The fourth-order valence-electron chi connectivity index (χ4n) is 1.48. The van der Waals surface area contributed by atoms with Crippen LogP contribution in [0.25, 0.3) is 10.1 Å². The quantitative estimate of drug-likeness (QED) is 0.868. The van der Waals surface area contributed by atoms with E-state index in [2.05, 4.69) is 0 Å². The molecule has 0 bridgehead atoms. The van der Waals surface area contributed by atoms with Crippen LogP contribution in [0.4, 0.5) is 0 Å². The van der Waals surface area contributed by atoms with Crippen LogP contribution in [0.3, 0.4) is 0 Å². The van der Waals surface area contributed by atoms with Gasteiger partial charge in [-0.25, -0.2) is 4.79 Å². The van der Waals surface area contributed by atoms with Crippen molar-refractivity contribution in [2.75, 3.05) is 7.11 Å². The minimum absolute atomic E-state index is 0.327. The molecule has 0 spiro atoms. The second-order valence-corrected chi connectivity index (χ2v) is 4.12. The van der Waals surface area contributed by atoms with Crippen LogP contribution in [-0.4, -0.2) is 18.2 Å². The van der Waals surface area contributed by atoms with Crippen LogP contribution in [-0.2, 0) is 11.3 Å². The van der Waals surface area contributed by atoms with Crippen molar-refractivity contribution in [2.45, 2.75) is 6.61 Å². The molecule has 1 aromatic carbocycles. The number of carboxylic acid groups (broad SMARTS) is 1. The highest BCUT2D eigenvalue weighted by Gasteiger charge is 2.07. The maximum absolute atomic E-state index is 10.8. The summed E-state index contributed by atoms with van der Waals surface area (Å²) in [5.41, 5.74) is 1.43. The van der Waals surface area contributed by atoms with E-state index in [9.17, 15) is 4.79 Å². The molecule has 2 aromatic rings. The standard InChI is InChI=1S/C11H10O3S/c1-14-5-8-6-15-10-4-7(11(12)13)2-3-9(8)10/h2-4,6H,5H2,1H3,(H,12,13). The van der Waals surface area contributed by atoms with Gasteiger partial charge in [0.1, 0.15) is 0 Å². The Hall–Kier alpha value is -1.39. The minimum Gasteiger partial charge on any atom is -0.478 e. The van der Waals surface area contributed by atoms with E-state index in [1.807, 2.05) is 11.4 Å². The van der Waals surface area contributed by atoms with Crippen LogP contribution >= 0.6 is 11.3 Å². The predicted molar refractivity (Wildman–Crippen MR) is 59.5 cm³/mol. The predicted octanol–water partition coefficient (Wildman–Crippen LogP) is 2.75. The van der Waals surface area contributed by atoms with E-state index in [4.69, 9.17) is 9.84 Å². The minimum atomic E-state index is -0.890. The largest absolute Gasteiger partial charge is 0.478 e. The SMILES string of the molecule is COCc1csc2cc(C(=O)O)ccc12. The lowest BCUT2D eigenvalue weighted by Crippen LogP contribution is -1.94. The average molecular weight is 222 g/mol. The van der Waals surface area contributed by atoms with E-state index in [0.717, 1.165) is 15.6 Å². The lowest BCUT2D eigenvalue weighted by molar-refractivity contribution is 0.0697. The van der Waals surface area contributed by atoms with Crippen LogP contribution in [0.2, 0.25) is 0 Å². The highest BCUT2D eigenvalue weighted by Crippen LogP contribution is 2.27. The summed E-state index contributed by atoms with van der Waals surface area (Å²) in [6, 6.07) is 5.15. The number of carbonyl (C=O) groups is 1. The van der Waals surface area contributed by atoms with E-state index in [0.29, 0.717) is 12.2 Å². The number of rotatable bonds is 3. The zero-order valence-electron chi connectivity index (χ0n) is 8.19. The van der Waals surface area contributed by atoms with Gasteiger partial charge in [0.05, 0.1) is 12.2 Å². The number of hydrogen-bond acceptors (Lipinski definition) is 3. The van der Waals surface area contributed by atoms with Gasteiger partial charge < -0.3 is 9.84 Å². The van der Waals surface area contributed by atoms with Crippen molar-refractivity contribution in [3.63, 3.8) is 0 Å². The summed E-state index contributed by atoms with van der Waals surface area (Å²) in [6.45, 7) is 0.562. The van der Waals surface area contributed by atoms with Crippen LogP contribution in [0.1, 0.15) is 15.9 Å². The monoisotopic (exact) mass is 222 g/mol. The van der Waals surface area contributed by atoms with Gasteiger partial charge >= 0.3 is 5.97 Å². The average Bonchev–Trinajstić information content (AvgIpc) is 2.61. The second kappa shape index (κ2) is 4.00. The number of aromatic carboxylic acids is 1. The zero-order valence-corrected chi connectivity index (χ0v) is 9.00. The first-order valence-electron chi connectivity index (χ1n) is 4.44. The van der Waals surface area contributed by atoms with Crippen molar-refractivity contribution in [3.05, 3.63) is 34.7 Å². The molecule has 0 saturated heterocycles. The van der Waals surface area contributed by atoms with Crippen LogP contribution < -0.4 is 0 Å². The fourth-order valence-corrected chi connectivity index (χ4v) is 2.47. The number of benzene rings is 1. The molecule has 0 fully saturated rings. The molecule has 0 atom stereocenters. The van der Waals surface area contributed by atoms with Crippen LogP contribution in [0, 0.1) is 0 Å². The third kappa shape index (κ3) is 1.86. The smallest absolute Gasteiger partial charge is 0.335 e. The van der Waals surface area contributed by atoms with Crippen molar-refractivity contribution in [1.82, 2.24) is 0 Å². The van der Waals surface area contributed by atoms with Crippen molar-refractivity contribution in [2.24, 2.45) is 0 Å². The van der Waals surface area contributed by atoms with E-state index in [1.54, 1.807) is 30.6 Å². The topological polar surface area (TPSA) is 46.5 Å². The molecule has 0 saturated carbocycles. The molecule has 0 unspecified atom stereocenters. The Kier molecular flexibility index (Phi) is 2.70. The first-order chi connectivity index (χ1) is 7.22. The molecule has 0 aliphatic rings. The van der Waals surface area contributed by atoms with Gasteiger partial charge in [-0.2, -0.15) is 0 Å². The highest BCUT2D eigenvalue weighted by atomic mass is 32.1. The summed E-state index contributed by atoms with van der Waals surface area (Å²) in [5.74, 6) is -0.890. The summed E-state index contributed by atoms with van der Waals surface area (Å²) < 4.78 is 6.05. The first-order valence-corrected chi connectivity index (χ1v) is 5.32. The molecule has 4 heteroatoms. The van der Waals surface area contributed by atoms with E-state index >= 15 is 0 Å². The molecule has 1 aromatic heterocycles. The normalized spacial score (nSPS) is 10.7. The summed E-state index contributed by atoms with van der Waals surface area (Å²) in [6.07, 6.45) is 0. The molecule has 0 amide bonds. The van der Waals surface area contributed by atoms with Gasteiger partial charge in [-0.05, 0) is 28.5 Å². The summed E-state index contributed by atoms with van der Waals surface area (Å²) in [7, 11) is 1.65. The second-order valence-electron chi connectivity index (χ2n) is 3.21. The first kappa shape index (κ1) is 10.1. The van der Waals surface area contributed by atoms with Gasteiger partial charge in [-0.3, -0.25) is 0 Å². The number of methoxy groups -OCH3 is 1. The number of thiophene rings is 1. The van der Waals surface area contributed by atoms with Gasteiger partial charge in [-0.1, -0.05) is 6.07 Å². The molecule has 15 heavy (non-hydrogen) atoms. The Morgan fingerprint density at radius 3 is 3.00 bits per heavy atom. The maximum Gasteiger partial charge on any atom is 0.335 e. The summed E-state index contributed by atoms with van der Waals surface area (Å²) >= 11 is 1.54. The highest BCUT2D eigenvalue weighted by molar-refractivity contribution is 7.17. The van der Waals surface area contributed by atoms with Crippen molar-refractivity contribution >= 4 is 27.4 Å². The van der Waals surface area contributed by atoms with Crippen molar-refractivity contribution in [3.8, 4) is 0 Å². The van der Waals surface area contributed by atoms with Crippen LogP contribution in [0.15, 0.2) is 23.6 Å². The molecule has 0 aliphatic carbocycles. The lowest BCUT2D eigenvalue weighted by Gasteiger charge is -1.98. The van der Waals surface area contributed by atoms with Crippen molar-refractivity contribution in [1.29, 1.82) is 0 Å². The molecular weight excluding hydrogens is 212 g/mol. The third-order valence-electron chi connectivity index (χ3n) is 2.20. The Morgan fingerprint density at radius 2 is 2.33 bits per heavy atom. The van der Waals surface area contributed by atoms with Gasteiger partial charge in [0.15, 0.2) is 0 Å². The number of ether oxygens (including phenoxy) is 1. The maximum atomic E-state index is 10.8. The van der Waals surface area contributed by atoms with Gasteiger partial charge in [0.2, 0.25) is 0 Å². The van der Waals surface area contributed by atoms with Crippen molar-refractivity contribution < 1.29 is 14.6 Å². The molecule has 3 nitrogen and oxygen atoms in total. The Morgan fingerprint density at radius 1 is 1.53 bits per heavy atom. The number of carboxylic acids is 1. The molecular formula is C11H10O3S. The molecule has 1 N–H and O–H groups in total. The molecule has 2 rings (SSSR count). The molecule has 78 valence electrons. The van der Waals surface area contributed by atoms with Gasteiger partial charge in [-0.15, -0.1) is 11.3 Å². The van der Waals surface area contributed by atoms with E-state index in [1.165, 1.54) is 0 Å². The number of hydrogen-bond donors (Lipinski definition) is 1. The molecule has 0 aliphatic heterocycles. The van der Waals surface area contributed by atoms with E-state index < -0.39 is 5.97 Å². The summed E-state index contributed by atoms with van der Waals surface area (Å²) in [5, 5.41) is 11.9. The Bertz CT molecular complexity index is 502. The van der Waals surface area contributed by atoms with Gasteiger partial charge in [0, 0.05) is 11.8 Å². The molecule has 1 heterocycles. The zero-order chi connectivity index (χ0) is 10.8. The summed E-state index contributed by atoms with van der Waals surface area (Å²) in [4.78, 5) is 10.8. The molecule has 0 radical (unpaired) electrons. The van der Waals surface area contributed by atoms with E-state index in [-0.39, 0.29) is 0 Å². The third-order valence-corrected chi connectivity index (χ3v) is 3.20. The number of fused-ring (bicyclic) bond motifs is 1. The Balaban J connectivity index is 2.51. The Labute approximate surface area is 90.9 Å². The van der Waals surface area contributed by atoms with Crippen LogP contribution in [0.5, 0.6) is 0 Å².